The number of nitrogens with zero attached hydrogens (tertiary/aromatic N) is 1. The van der Waals surface area contributed by atoms with Gasteiger partial charge in [0.1, 0.15) is 11.4 Å². The second kappa shape index (κ2) is 6.98. The van der Waals surface area contributed by atoms with Crippen molar-refractivity contribution in [2.45, 2.75) is 32.9 Å². The summed E-state index contributed by atoms with van der Waals surface area (Å²) in [6.45, 7) is 6.11. The highest BCUT2D eigenvalue weighted by Crippen LogP contribution is 2.22. The van der Waals surface area contributed by atoms with Crippen LogP contribution in [0.1, 0.15) is 25.6 Å². The van der Waals surface area contributed by atoms with Gasteiger partial charge in [0.2, 0.25) is 0 Å². The van der Waals surface area contributed by atoms with Crippen LogP contribution in [0.5, 0.6) is 0 Å². The normalized spacial score (nSPS) is 11.1. The molecule has 0 aliphatic heterocycles. The van der Waals surface area contributed by atoms with Crippen molar-refractivity contribution in [1.29, 1.82) is 0 Å². The van der Waals surface area contributed by atoms with Crippen LogP contribution in [-0.4, -0.2) is 16.7 Å². The van der Waals surface area contributed by atoms with Gasteiger partial charge in [-0.05, 0) is 45.0 Å². The van der Waals surface area contributed by atoms with Gasteiger partial charge in [0, 0.05) is 11.4 Å². The predicted molar refractivity (Wildman–Crippen MR) is 90.7 cm³/mol. The van der Waals surface area contributed by atoms with Crippen LogP contribution in [0.4, 0.5) is 16.3 Å². The molecule has 118 valence electrons. The molecular weight excluding hydrogens is 322 g/mol. The zero-order valence-corrected chi connectivity index (χ0v) is 14.2. The zero-order chi connectivity index (χ0) is 16.2. The third-order valence-electron chi connectivity index (χ3n) is 2.49. The van der Waals surface area contributed by atoms with Crippen molar-refractivity contribution in [2.24, 2.45) is 0 Å². The smallest absolute Gasteiger partial charge is 0.413 e. The van der Waals surface area contributed by atoms with Crippen molar-refractivity contribution in [2.75, 3.05) is 10.6 Å². The third kappa shape index (κ3) is 5.54. The number of amides is 1. The average Bonchev–Trinajstić information content (AvgIpc) is 2.81. The molecule has 0 unspecified atom stereocenters. The van der Waals surface area contributed by atoms with Gasteiger partial charge in [-0.15, -0.1) is 11.3 Å². The van der Waals surface area contributed by atoms with Crippen LogP contribution < -0.4 is 10.6 Å². The van der Waals surface area contributed by atoms with Crippen molar-refractivity contribution in [3.05, 3.63) is 39.7 Å². The van der Waals surface area contributed by atoms with Gasteiger partial charge in [0.05, 0.1) is 16.2 Å². The fraction of sp³-hybridized carbons (Fsp3) is 0.333. The highest BCUT2D eigenvalue weighted by atomic mass is 35.5. The first-order valence-corrected chi connectivity index (χ1v) is 7.95. The van der Waals surface area contributed by atoms with E-state index in [9.17, 15) is 4.79 Å². The summed E-state index contributed by atoms with van der Waals surface area (Å²) in [6.07, 6.45) is 1.14. The summed E-state index contributed by atoms with van der Waals surface area (Å²) in [5.41, 5.74) is 0.326. The second-order valence-corrected chi connectivity index (χ2v) is 7.42. The van der Waals surface area contributed by atoms with Crippen molar-refractivity contribution < 1.29 is 9.53 Å². The Hall–Kier alpha value is -1.79. The molecule has 2 heterocycles. The number of anilines is 2. The minimum atomic E-state index is -0.534. The molecule has 0 aromatic carbocycles. The van der Waals surface area contributed by atoms with Crippen molar-refractivity contribution in [1.82, 2.24) is 4.98 Å². The van der Waals surface area contributed by atoms with Crippen LogP contribution in [-0.2, 0) is 11.3 Å². The molecule has 2 rings (SSSR count). The molecule has 5 nitrogen and oxygen atoms in total. The molecule has 2 aromatic rings. The van der Waals surface area contributed by atoms with E-state index < -0.39 is 11.7 Å². The molecule has 2 aromatic heterocycles. The second-order valence-electron chi connectivity index (χ2n) is 5.62. The molecule has 0 radical (unpaired) electrons. The number of carbonyl (C=O) groups excluding carboxylic acids is 1. The Morgan fingerprint density at radius 1 is 1.32 bits per heavy atom. The Kier molecular flexibility index (Phi) is 5.26. The van der Waals surface area contributed by atoms with Gasteiger partial charge in [-0.25, -0.2) is 9.78 Å². The first-order valence-electron chi connectivity index (χ1n) is 6.76. The summed E-state index contributed by atoms with van der Waals surface area (Å²) in [6, 6.07) is 7.41. The van der Waals surface area contributed by atoms with Gasteiger partial charge >= 0.3 is 6.09 Å². The van der Waals surface area contributed by atoms with Crippen molar-refractivity contribution >= 4 is 40.5 Å². The average molecular weight is 340 g/mol. The molecule has 0 bridgehead atoms. The monoisotopic (exact) mass is 339 g/mol. The van der Waals surface area contributed by atoms with E-state index in [-0.39, 0.29) is 0 Å². The number of thiophene rings is 1. The Balaban J connectivity index is 1.86. The Labute approximate surface area is 138 Å². The van der Waals surface area contributed by atoms with Gasteiger partial charge in [0.25, 0.3) is 0 Å². The maximum Gasteiger partial charge on any atom is 0.413 e. The number of hydrogen-bond donors (Lipinski definition) is 2. The molecule has 0 fully saturated rings. The van der Waals surface area contributed by atoms with Gasteiger partial charge in [-0.2, -0.15) is 0 Å². The quantitative estimate of drug-likeness (QED) is 0.843. The minimum Gasteiger partial charge on any atom is -0.444 e. The molecule has 0 saturated carbocycles. The number of carbonyl (C=O) groups is 1. The lowest BCUT2D eigenvalue weighted by Crippen LogP contribution is -2.27. The largest absolute Gasteiger partial charge is 0.444 e. The molecule has 7 heteroatoms. The SMILES string of the molecule is CC(C)(C)OC(=O)Nc1ccc(NCc2ccc(Cl)s2)cn1. The summed E-state index contributed by atoms with van der Waals surface area (Å²) < 4.78 is 5.93. The summed E-state index contributed by atoms with van der Waals surface area (Å²) in [7, 11) is 0. The van der Waals surface area contributed by atoms with E-state index in [2.05, 4.69) is 15.6 Å². The van der Waals surface area contributed by atoms with Gasteiger partial charge in [-0.1, -0.05) is 11.6 Å². The molecule has 2 N–H and O–H groups in total. The summed E-state index contributed by atoms with van der Waals surface area (Å²) in [5.74, 6) is 0.443. The highest BCUT2D eigenvalue weighted by molar-refractivity contribution is 7.16. The fourth-order valence-corrected chi connectivity index (χ4v) is 2.64. The first kappa shape index (κ1) is 16.6. The van der Waals surface area contributed by atoms with Crippen LogP contribution in [0.3, 0.4) is 0 Å². The maximum absolute atomic E-state index is 11.6. The molecule has 0 saturated heterocycles. The summed E-state index contributed by atoms with van der Waals surface area (Å²) in [4.78, 5) is 16.9. The topological polar surface area (TPSA) is 63.2 Å². The zero-order valence-electron chi connectivity index (χ0n) is 12.6. The number of rotatable bonds is 4. The lowest BCUT2D eigenvalue weighted by molar-refractivity contribution is 0.0635. The Morgan fingerprint density at radius 2 is 2.09 bits per heavy atom. The van der Waals surface area contributed by atoms with E-state index in [1.165, 1.54) is 11.3 Å². The number of hydrogen-bond acceptors (Lipinski definition) is 5. The van der Waals surface area contributed by atoms with Gasteiger partial charge < -0.3 is 10.1 Å². The van der Waals surface area contributed by atoms with E-state index in [1.807, 2.05) is 39.0 Å². The number of halogens is 1. The highest BCUT2D eigenvalue weighted by Gasteiger charge is 2.16. The number of pyridine rings is 1. The Morgan fingerprint density at radius 3 is 2.64 bits per heavy atom. The van der Waals surface area contributed by atoms with E-state index in [1.54, 1.807) is 12.3 Å². The minimum absolute atomic E-state index is 0.443. The molecule has 0 aliphatic carbocycles. The van der Waals surface area contributed by atoms with E-state index >= 15 is 0 Å². The summed E-state index contributed by atoms with van der Waals surface area (Å²) in [5, 5.41) is 5.83. The number of nitrogens with one attached hydrogen (secondary N) is 2. The molecule has 0 spiro atoms. The van der Waals surface area contributed by atoms with Crippen LogP contribution in [0, 0.1) is 0 Å². The van der Waals surface area contributed by atoms with Gasteiger partial charge in [-0.3, -0.25) is 5.32 Å². The van der Waals surface area contributed by atoms with E-state index in [0.29, 0.717) is 12.4 Å². The molecule has 1 amide bonds. The molecule has 0 aliphatic rings. The van der Waals surface area contributed by atoms with Crippen LogP contribution in [0.2, 0.25) is 4.34 Å². The van der Waals surface area contributed by atoms with Crippen molar-refractivity contribution in [3.63, 3.8) is 0 Å². The molecule has 22 heavy (non-hydrogen) atoms. The van der Waals surface area contributed by atoms with Crippen molar-refractivity contribution in [3.8, 4) is 0 Å². The van der Waals surface area contributed by atoms with Crippen LogP contribution in [0.15, 0.2) is 30.5 Å². The predicted octanol–water partition coefficient (Wildman–Crippen LogP) is 4.76. The third-order valence-corrected chi connectivity index (χ3v) is 3.72. The van der Waals surface area contributed by atoms with Gasteiger partial charge in [0.15, 0.2) is 0 Å². The van der Waals surface area contributed by atoms with Crippen LogP contribution >= 0.6 is 22.9 Å². The number of aromatic nitrogens is 1. The van der Waals surface area contributed by atoms with Crippen LogP contribution in [0.25, 0.3) is 0 Å². The molecular formula is C15H18ClN3O2S. The maximum atomic E-state index is 11.6. The summed E-state index contributed by atoms with van der Waals surface area (Å²) >= 11 is 7.42. The Bertz CT molecular complexity index is 635. The molecule has 0 atom stereocenters. The number of ether oxygens (including phenoxy) is 1. The lowest BCUT2D eigenvalue weighted by atomic mass is 10.2. The first-order chi connectivity index (χ1) is 10.3. The van der Waals surface area contributed by atoms with E-state index in [0.717, 1.165) is 14.9 Å². The fourth-order valence-electron chi connectivity index (χ4n) is 1.62. The van der Waals surface area contributed by atoms with E-state index in [4.69, 9.17) is 16.3 Å². The standard InChI is InChI=1S/C15H18ClN3O2S/c1-15(2,3)21-14(20)19-13-7-4-10(8-18-13)17-9-11-5-6-12(16)22-11/h4-8,17H,9H2,1-3H3,(H,18,19,20). The lowest BCUT2D eigenvalue weighted by Gasteiger charge is -2.19.